The van der Waals surface area contributed by atoms with E-state index in [0.29, 0.717) is 5.75 Å². The molecule has 0 atom stereocenters. The molecule has 1 aromatic carbocycles. The van der Waals surface area contributed by atoms with E-state index in [0.717, 1.165) is 22.6 Å². The van der Waals surface area contributed by atoms with Crippen LogP contribution in [0.15, 0.2) is 36.4 Å². The summed E-state index contributed by atoms with van der Waals surface area (Å²) >= 11 is 1.28. The van der Waals surface area contributed by atoms with Crippen LogP contribution in [0.4, 0.5) is 4.39 Å². The highest BCUT2D eigenvalue weighted by atomic mass is 32.2. The van der Waals surface area contributed by atoms with Crippen molar-refractivity contribution in [2.45, 2.75) is 20.8 Å². The summed E-state index contributed by atoms with van der Waals surface area (Å²) in [5.41, 5.74) is 4.02. The minimum absolute atomic E-state index is 0.116. The van der Waals surface area contributed by atoms with Crippen LogP contribution in [0, 0.1) is 19.7 Å². The van der Waals surface area contributed by atoms with Gasteiger partial charge >= 0.3 is 0 Å². The molecule has 2 nitrogen and oxygen atoms in total. The Balaban J connectivity index is 2.27. The zero-order valence-electron chi connectivity index (χ0n) is 12.4. The minimum Gasteiger partial charge on any atom is -0.318 e. The first-order chi connectivity index (χ1) is 9.99. The maximum absolute atomic E-state index is 13.4. The van der Waals surface area contributed by atoms with E-state index in [1.807, 2.05) is 36.6 Å². The van der Waals surface area contributed by atoms with Crippen molar-refractivity contribution >= 4 is 23.0 Å². The van der Waals surface area contributed by atoms with Crippen LogP contribution in [-0.4, -0.2) is 15.4 Å². The number of benzene rings is 1. The highest BCUT2D eigenvalue weighted by molar-refractivity contribution is 8.13. The molecule has 21 heavy (non-hydrogen) atoms. The van der Waals surface area contributed by atoms with Crippen LogP contribution >= 0.6 is 11.8 Å². The zero-order chi connectivity index (χ0) is 15.4. The van der Waals surface area contributed by atoms with Crippen LogP contribution in [0.2, 0.25) is 0 Å². The molecule has 2 aromatic rings. The van der Waals surface area contributed by atoms with Crippen LogP contribution in [0.3, 0.4) is 0 Å². The molecule has 1 heterocycles. The van der Waals surface area contributed by atoms with Gasteiger partial charge in [0.25, 0.3) is 0 Å². The van der Waals surface area contributed by atoms with Gasteiger partial charge in [-0.05, 0) is 43.7 Å². The van der Waals surface area contributed by atoms with Crippen molar-refractivity contribution in [1.29, 1.82) is 0 Å². The number of rotatable bonds is 4. The Bertz CT molecular complexity index is 688. The SMILES string of the molecule is CC(=O)SCC=Cc1cc(C)n(-c2cccc(F)c2)c1C. The Morgan fingerprint density at radius 3 is 2.76 bits per heavy atom. The molecule has 0 unspecified atom stereocenters. The van der Waals surface area contributed by atoms with E-state index < -0.39 is 0 Å². The second kappa shape index (κ2) is 6.76. The molecular formula is C17H18FNOS. The maximum atomic E-state index is 13.4. The smallest absolute Gasteiger partial charge is 0.186 e. The van der Waals surface area contributed by atoms with Crippen LogP contribution in [0.5, 0.6) is 0 Å². The van der Waals surface area contributed by atoms with Gasteiger partial charge in [-0.3, -0.25) is 4.79 Å². The summed E-state index contributed by atoms with van der Waals surface area (Å²) in [5.74, 6) is 0.425. The van der Waals surface area contributed by atoms with Crippen LogP contribution in [0.1, 0.15) is 23.9 Å². The number of hydrogen-bond acceptors (Lipinski definition) is 2. The quantitative estimate of drug-likeness (QED) is 0.828. The van der Waals surface area contributed by atoms with Crippen molar-refractivity contribution < 1.29 is 9.18 Å². The second-order valence-corrected chi connectivity index (χ2v) is 6.04. The van der Waals surface area contributed by atoms with Gasteiger partial charge in [0.2, 0.25) is 0 Å². The third kappa shape index (κ3) is 3.85. The molecule has 0 N–H and O–H groups in total. The molecule has 0 amide bonds. The van der Waals surface area contributed by atoms with Crippen LogP contribution in [0.25, 0.3) is 11.8 Å². The molecule has 0 bridgehead atoms. The molecule has 0 aliphatic carbocycles. The van der Waals surface area contributed by atoms with Gasteiger partial charge < -0.3 is 4.57 Å². The lowest BCUT2D eigenvalue weighted by atomic mass is 10.2. The summed E-state index contributed by atoms with van der Waals surface area (Å²) in [6.45, 7) is 5.57. The van der Waals surface area contributed by atoms with E-state index in [4.69, 9.17) is 0 Å². The molecule has 0 saturated heterocycles. The fourth-order valence-electron chi connectivity index (χ4n) is 2.31. The number of hydrogen-bond donors (Lipinski definition) is 0. The molecular weight excluding hydrogens is 285 g/mol. The Hall–Kier alpha value is -1.81. The fraction of sp³-hybridized carbons (Fsp3) is 0.235. The van der Waals surface area contributed by atoms with Gasteiger partial charge in [-0.25, -0.2) is 4.39 Å². The first-order valence-electron chi connectivity index (χ1n) is 6.74. The molecule has 0 radical (unpaired) electrons. The van der Waals surface area contributed by atoms with Gasteiger partial charge in [-0.1, -0.05) is 30.0 Å². The standard InChI is InChI=1S/C17H18FNOS/c1-12-10-15(6-5-9-21-14(3)20)13(2)19(12)17-8-4-7-16(18)11-17/h4-8,10-11H,9H2,1-3H3. The summed E-state index contributed by atoms with van der Waals surface area (Å²) in [6, 6.07) is 8.64. The molecule has 4 heteroatoms. The first-order valence-corrected chi connectivity index (χ1v) is 7.72. The lowest BCUT2D eigenvalue weighted by Crippen LogP contribution is -1.99. The molecule has 0 aliphatic rings. The first kappa shape index (κ1) is 15.6. The van der Waals surface area contributed by atoms with Gasteiger partial charge in [0.1, 0.15) is 5.82 Å². The summed E-state index contributed by atoms with van der Waals surface area (Å²) in [6.07, 6.45) is 3.98. The molecule has 0 saturated carbocycles. The predicted octanol–water partition coefficient (Wildman–Crippen LogP) is 4.53. The van der Waals surface area contributed by atoms with Crippen molar-refractivity contribution in [2.75, 3.05) is 5.75 Å². The molecule has 1 aromatic heterocycles. The highest BCUT2D eigenvalue weighted by Gasteiger charge is 2.09. The maximum Gasteiger partial charge on any atom is 0.186 e. The Morgan fingerprint density at radius 2 is 2.10 bits per heavy atom. The van der Waals surface area contributed by atoms with Gasteiger partial charge in [0, 0.05) is 29.8 Å². The predicted molar refractivity (Wildman–Crippen MR) is 87.4 cm³/mol. The number of nitrogens with zero attached hydrogens (tertiary/aromatic N) is 1. The van der Waals surface area contributed by atoms with Crippen molar-refractivity contribution in [3.8, 4) is 5.69 Å². The average Bonchev–Trinajstić information content (AvgIpc) is 2.69. The number of aromatic nitrogens is 1. The van der Waals surface area contributed by atoms with Crippen LogP contribution < -0.4 is 0 Å². The monoisotopic (exact) mass is 303 g/mol. The Kier molecular flexibility index (Phi) is 5.02. The van der Waals surface area contributed by atoms with E-state index >= 15 is 0 Å². The van der Waals surface area contributed by atoms with Crippen LogP contribution in [-0.2, 0) is 4.79 Å². The topological polar surface area (TPSA) is 22.0 Å². The third-order valence-corrected chi connectivity index (χ3v) is 3.98. The average molecular weight is 303 g/mol. The molecule has 2 rings (SSSR count). The second-order valence-electron chi connectivity index (χ2n) is 4.85. The Labute approximate surface area is 128 Å². The molecule has 110 valence electrons. The van der Waals surface area contributed by atoms with E-state index in [-0.39, 0.29) is 10.9 Å². The molecule has 0 spiro atoms. The number of carbonyl (C=O) groups excluding carboxylic acids is 1. The molecule has 0 aliphatic heterocycles. The van der Waals surface area contributed by atoms with Gasteiger partial charge in [0.05, 0.1) is 0 Å². The molecule has 0 fully saturated rings. The number of halogens is 1. The van der Waals surface area contributed by atoms with E-state index in [1.54, 1.807) is 13.0 Å². The van der Waals surface area contributed by atoms with Crippen molar-refractivity contribution in [1.82, 2.24) is 4.57 Å². The number of carbonyl (C=O) groups is 1. The van der Waals surface area contributed by atoms with Gasteiger partial charge in [-0.15, -0.1) is 0 Å². The van der Waals surface area contributed by atoms with Crippen molar-refractivity contribution in [3.05, 3.63) is 59.2 Å². The van der Waals surface area contributed by atoms with E-state index in [2.05, 4.69) is 6.07 Å². The van der Waals surface area contributed by atoms with Crippen molar-refractivity contribution in [3.63, 3.8) is 0 Å². The zero-order valence-corrected chi connectivity index (χ0v) is 13.2. The lowest BCUT2D eigenvalue weighted by molar-refractivity contribution is -0.109. The third-order valence-electron chi connectivity index (χ3n) is 3.22. The highest BCUT2D eigenvalue weighted by Crippen LogP contribution is 2.22. The lowest BCUT2D eigenvalue weighted by Gasteiger charge is -2.09. The van der Waals surface area contributed by atoms with Crippen molar-refractivity contribution in [2.24, 2.45) is 0 Å². The van der Waals surface area contributed by atoms with E-state index in [9.17, 15) is 9.18 Å². The van der Waals surface area contributed by atoms with Gasteiger partial charge in [-0.2, -0.15) is 0 Å². The largest absolute Gasteiger partial charge is 0.318 e. The summed E-state index contributed by atoms with van der Waals surface area (Å²) in [4.78, 5) is 10.9. The Morgan fingerprint density at radius 1 is 1.33 bits per heavy atom. The summed E-state index contributed by atoms with van der Waals surface area (Å²) in [7, 11) is 0. The number of thioether (sulfide) groups is 1. The minimum atomic E-state index is -0.241. The van der Waals surface area contributed by atoms with E-state index in [1.165, 1.54) is 23.9 Å². The normalized spacial score (nSPS) is 11.2. The summed E-state index contributed by atoms with van der Waals surface area (Å²) in [5, 5.41) is 0.116. The summed E-state index contributed by atoms with van der Waals surface area (Å²) < 4.78 is 15.4. The van der Waals surface area contributed by atoms with Gasteiger partial charge in [0.15, 0.2) is 5.12 Å². The number of aryl methyl sites for hydroxylation is 1. The fourth-order valence-corrected chi connectivity index (χ4v) is 2.74.